The molecule has 152 valence electrons. The third-order valence-electron chi connectivity index (χ3n) is 4.76. The number of nitrogens with one attached hydrogen (secondary N) is 1. The van der Waals surface area contributed by atoms with Gasteiger partial charge in [-0.1, -0.05) is 6.07 Å². The summed E-state index contributed by atoms with van der Waals surface area (Å²) in [5.41, 5.74) is -2.85. The van der Waals surface area contributed by atoms with Gasteiger partial charge >= 0.3 is 6.18 Å². The molecule has 0 saturated heterocycles. The minimum absolute atomic E-state index is 0.169. The zero-order chi connectivity index (χ0) is 21.4. The molecule has 0 spiro atoms. The van der Waals surface area contributed by atoms with E-state index >= 15 is 0 Å². The molecule has 0 aromatic heterocycles. The van der Waals surface area contributed by atoms with Crippen LogP contribution < -0.4 is 10.2 Å². The Bertz CT molecular complexity index is 996. The number of aliphatic hydroxyl groups is 1. The predicted molar refractivity (Wildman–Crippen MR) is 97.7 cm³/mol. The Morgan fingerprint density at radius 2 is 2.03 bits per heavy atom. The van der Waals surface area contributed by atoms with Crippen LogP contribution >= 0.6 is 0 Å². The topological polar surface area (TPSA) is 76.4 Å². The van der Waals surface area contributed by atoms with Gasteiger partial charge < -0.3 is 15.3 Å². The lowest BCUT2D eigenvalue weighted by Crippen LogP contribution is -2.49. The van der Waals surface area contributed by atoms with E-state index < -0.39 is 28.8 Å². The van der Waals surface area contributed by atoms with Crippen LogP contribution in [0.1, 0.15) is 23.6 Å². The van der Waals surface area contributed by atoms with Gasteiger partial charge in [0.25, 0.3) is 5.91 Å². The molecule has 0 bridgehead atoms. The highest BCUT2D eigenvalue weighted by molar-refractivity contribution is 5.97. The number of β-amino-alcohol motifs (C(OH)–C–C–N with tert-alkyl or cyclic N) is 1. The number of hydrogen-bond donors (Lipinski definition) is 2. The van der Waals surface area contributed by atoms with Crippen LogP contribution in [0.2, 0.25) is 0 Å². The van der Waals surface area contributed by atoms with Gasteiger partial charge in [-0.15, -0.1) is 0 Å². The first-order valence-corrected chi connectivity index (χ1v) is 8.70. The van der Waals surface area contributed by atoms with Crippen molar-refractivity contribution in [2.45, 2.75) is 25.1 Å². The van der Waals surface area contributed by atoms with Gasteiger partial charge in [0.1, 0.15) is 5.82 Å². The third kappa shape index (κ3) is 4.17. The largest absolute Gasteiger partial charge is 0.417 e. The van der Waals surface area contributed by atoms with Gasteiger partial charge in [-0.3, -0.25) is 4.79 Å². The Balaban J connectivity index is 1.78. The first-order chi connectivity index (χ1) is 13.5. The highest BCUT2D eigenvalue weighted by atomic mass is 19.4. The normalized spacial score (nSPS) is 15.4. The zero-order valence-corrected chi connectivity index (χ0v) is 15.3. The number of fused-ring (bicyclic) bond motifs is 1. The van der Waals surface area contributed by atoms with E-state index in [1.54, 1.807) is 11.0 Å². The smallest absolute Gasteiger partial charge is 0.378 e. The fourth-order valence-corrected chi connectivity index (χ4v) is 3.29. The molecule has 1 aliphatic rings. The van der Waals surface area contributed by atoms with E-state index in [9.17, 15) is 27.5 Å². The fourth-order valence-electron chi connectivity index (χ4n) is 3.29. The standard InChI is InChI=1S/C20H17F4N3O2/c1-19(29,11-27-8-7-14-16(21)3-2-4-17(14)27)18(28)26-13-6-5-12(10-25)15(9-13)20(22,23)24/h2-6,9,29H,7-8,11H2,1H3,(H,26,28)/t19-/m0/s1. The van der Waals surface area contributed by atoms with Crippen LogP contribution in [-0.2, 0) is 17.4 Å². The predicted octanol–water partition coefficient (Wildman–Crippen LogP) is 3.47. The first-order valence-electron chi connectivity index (χ1n) is 8.70. The molecule has 0 fully saturated rings. The van der Waals surface area contributed by atoms with E-state index in [0.29, 0.717) is 30.3 Å². The van der Waals surface area contributed by atoms with E-state index in [1.165, 1.54) is 25.1 Å². The number of carbonyl (C=O) groups excluding carboxylic acids is 1. The third-order valence-corrected chi connectivity index (χ3v) is 4.76. The van der Waals surface area contributed by atoms with Crippen molar-refractivity contribution >= 4 is 17.3 Å². The van der Waals surface area contributed by atoms with Crippen molar-refractivity contribution in [3.63, 3.8) is 0 Å². The molecule has 2 aromatic rings. The average Bonchev–Trinajstić information content (AvgIpc) is 3.04. The molecule has 0 unspecified atom stereocenters. The highest BCUT2D eigenvalue weighted by Crippen LogP contribution is 2.34. The van der Waals surface area contributed by atoms with E-state index in [4.69, 9.17) is 5.26 Å². The maximum atomic E-state index is 13.9. The van der Waals surface area contributed by atoms with Crippen LogP contribution in [0.3, 0.4) is 0 Å². The number of rotatable bonds is 4. The molecular formula is C20H17F4N3O2. The van der Waals surface area contributed by atoms with Crippen LogP contribution in [-0.4, -0.2) is 29.7 Å². The van der Waals surface area contributed by atoms with Crippen molar-refractivity contribution in [1.82, 2.24) is 0 Å². The number of amides is 1. The number of halogens is 4. The Kier molecular flexibility index (Phi) is 5.24. The van der Waals surface area contributed by atoms with Gasteiger partial charge in [0, 0.05) is 23.5 Å². The van der Waals surface area contributed by atoms with Crippen LogP contribution in [0.4, 0.5) is 28.9 Å². The molecule has 9 heteroatoms. The fraction of sp³-hybridized carbons (Fsp3) is 0.300. The molecule has 1 heterocycles. The number of hydrogen-bond acceptors (Lipinski definition) is 4. The summed E-state index contributed by atoms with van der Waals surface area (Å²) in [7, 11) is 0. The minimum atomic E-state index is -4.77. The van der Waals surface area contributed by atoms with Gasteiger partial charge in [0.15, 0.2) is 5.60 Å². The number of anilines is 2. The van der Waals surface area contributed by atoms with Crippen LogP contribution in [0.25, 0.3) is 0 Å². The summed E-state index contributed by atoms with van der Waals surface area (Å²) < 4.78 is 53.1. The summed E-state index contributed by atoms with van der Waals surface area (Å²) in [6, 6.07) is 8.74. The lowest BCUT2D eigenvalue weighted by Gasteiger charge is -2.29. The molecule has 1 atom stereocenters. The van der Waals surface area contributed by atoms with Crippen molar-refractivity contribution in [3.8, 4) is 6.07 Å². The monoisotopic (exact) mass is 407 g/mol. The van der Waals surface area contributed by atoms with Crippen LogP contribution in [0.5, 0.6) is 0 Å². The van der Waals surface area contributed by atoms with Crippen LogP contribution in [0.15, 0.2) is 36.4 Å². The van der Waals surface area contributed by atoms with E-state index in [-0.39, 0.29) is 18.0 Å². The molecule has 0 radical (unpaired) electrons. The Morgan fingerprint density at radius 3 is 2.69 bits per heavy atom. The molecule has 1 amide bonds. The molecule has 5 nitrogen and oxygen atoms in total. The van der Waals surface area contributed by atoms with Gasteiger partial charge in [0.05, 0.1) is 23.7 Å². The van der Waals surface area contributed by atoms with Gasteiger partial charge in [-0.2, -0.15) is 18.4 Å². The van der Waals surface area contributed by atoms with Crippen molar-refractivity contribution in [2.75, 3.05) is 23.3 Å². The van der Waals surface area contributed by atoms with Gasteiger partial charge in [-0.25, -0.2) is 4.39 Å². The Morgan fingerprint density at radius 1 is 1.31 bits per heavy atom. The average molecular weight is 407 g/mol. The number of benzene rings is 2. The summed E-state index contributed by atoms with van der Waals surface area (Å²) in [5, 5.41) is 21.7. The molecule has 3 rings (SSSR count). The second-order valence-electron chi connectivity index (χ2n) is 7.01. The minimum Gasteiger partial charge on any atom is -0.378 e. The van der Waals surface area contributed by atoms with Crippen molar-refractivity contribution < 1.29 is 27.5 Å². The molecular weight excluding hydrogens is 390 g/mol. The first kappa shape index (κ1) is 20.6. The van der Waals surface area contributed by atoms with E-state index in [2.05, 4.69) is 5.32 Å². The molecule has 0 saturated carbocycles. The summed E-state index contributed by atoms with van der Waals surface area (Å²) in [5.74, 6) is -1.29. The number of nitrogens with zero attached hydrogens (tertiary/aromatic N) is 2. The lowest BCUT2D eigenvalue weighted by atomic mass is 10.0. The molecule has 1 aliphatic heterocycles. The Hall–Kier alpha value is -3.12. The van der Waals surface area contributed by atoms with Gasteiger partial charge in [-0.05, 0) is 43.7 Å². The molecule has 2 N–H and O–H groups in total. The lowest BCUT2D eigenvalue weighted by molar-refractivity contribution is -0.138. The van der Waals surface area contributed by atoms with E-state index in [0.717, 1.165) is 12.1 Å². The molecule has 0 aliphatic carbocycles. The summed E-state index contributed by atoms with van der Waals surface area (Å²) in [4.78, 5) is 14.2. The van der Waals surface area contributed by atoms with E-state index in [1.807, 2.05) is 0 Å². The maximum Gasteiger partial charge on any atom is 0.417 e. The second kappa shape index (κ2) is 7.37. The quantitative estimate of drug-likeness (QED) is 0.761. The number of nitriles is 1. The summed E-state index contributed by atoms with van der Waals surface area (Å²) in [6.07, 6.45) is -4.35. The van der Waals surface area contributed by atoms with Gasteiger partial charge in [0.2, 0.25) is 0 Å². The van der Waals surface area contributed by atoms with Crippen LogP contribution in [0, 0.1) is 17.1 Å². The maximum absolute atomic E-state index is 13.9. The number of carbonyl (C=O) groups is 1. The van der Waals surface area contributed by atoms with Crippen molar-refractivity contribution in [2.24, 2.45) is 0 Å². The highest BCUT2D eigenvalue weighted by Gasteiger charge is 2.37. The SMILES string of the molecule is C[C@](O)(CN1CCc2c(F)cccc21)C(=O)Nc1ccc(C#N)c(C(F)(F)F)c1. The second-order valence-corrected chi connectivity index (χ2v) is 7.01. The molecule has 29 heavy (non-hydrogen) atoms. The zero-order valence-electron chi connectivity index (χ0n) is 15.3. The number of alkyl halides is 3. The molecule has 2 aromatic carbocycles. The Labute approximate surface area is 164 Å². The summed E-state index contributed by atoms with van der Waals surface area (Å²) in [6.45, 7) is 1.46. The van der Waals surface area contributed by atoms with Crippen molar-refractivity contribution in [1.29, 1.82) is 5.26 Å². The van der Waals surface area contributed by atoms with Crippen molar-refractivity contribution in [3.05, 3.63) is 58.9 Å². The summed E-state index contributed by atoms with van der Waals surface area (Å²) >= 11 is 0.